The summed E-state index contributed by atoms with van der Waals surface area (Å²) < 4.78 is 12.9. The van der Waals surface area contributed by atoms with E-state index in [1.165, 1.54) is 11.6 Å². The van der Waals surface area contributed by atoms with Gasteiger partial charge in [0.05, 0.1) is 0 Å². The number of nitrogens with zero attached hydrogens (tertiary/aromatic N) is 1. The van der Waals surface area contributed by atoms with Gasteiger partial charge in [0.2, 0.25) is 0 Å². The van der Waals surface area contributed by atoms with Gasteiger partial charge in [-0.2, -0.15) is 0 Å². The minimum absolute atomic E-state index is 0.129. The van der Waals surface area contributed by atoms with Gasteiger partial charge in [-0.05, 0) is 29.7 Å². The van der Waals surface area contributed by atoms with Crippen LogP contribution in [0.3, 0.4) is 0 Å². The van der Waals surface area contributed by atoms with E-state index >= 15 is 0 Å². The summed E-state index contributed by atoms with van der Waals surface area (Å²) in [6.45, 7) is 3.52. The van der Waals surface area contributed by atoms with Crippen molar-refractivity contribution in [3.63, 3.8) is 0 Å². The van der Waals surface area contributed by atoms with Crippen LogP contribution in [0.25, 0.3) is 0 Å². The maximum atomic E-state index is 12.9. The molecule has 2 nitrogen and oxygen atoms in total. The molecule has 2 N–H and O–H groups in total. The van der Waals surface area contributed by atoms with Crippen LogP contribution in [0.2, 0.25) is 0 Å². The topological polar surface area (TPSA) is 29.3 Å². The summed E-state index contributed by atoms with van der Waals surface area (Å²) in [7, 11) is 0. The average Bonchev–Trinajstić information content (AvgIpc) is 2.19. The van der Waals surface area contributed by atoms with E-state index in [4.69, 9.17) is 5.73 Å². The molecule has 3 heteroatoms. The van der Waals surface area contributed by atoms with Gasteiger partial charge in [-0.15, -0.1) is 0 Å². The summed E-state index contributed by atoms with van der Waals surface area (Å²) >= 11 is 0. The molecule has 0 fully saturated rings. The molecule has 0 aromatic heterocycles. The zero-order valence-electron chi connectivity index (χ0n) is 8.17. The molecule has 2 rings (SSSR count). The second-order valence-electron chi connectivity index (χ2n) is 3.73. The first kappa shape index (κ1) is 9.62. The Kier molecular flexibility index (Phi) is 2.79. The fraction of sp³-hybridized carbons (Fsp3) is 0.455. The number of hydrogen-bond donors (Lipinski definition) is 1. The van der Waals surface area contributed by atoms with Crippen molar-refractivity contribution in [2.24, 2.45) is 5.73 Å². The number of rotatable bonds is 2. The Morgan fingerprint density at radius 1 is 1.36 bits per heavy atom. The largest absolute Gasteiger partial charge is 0.329 e. The van der Waals surface area contributed by atoms with E-state index in [0.717, 1.165) is 31.6 Å². The van der Waals surface area contributed by atoms with Gasteiger partial charge in [0.15, 0.2) is 0 Å². The lowest BCUT2D eigenvalue weighted by atomic mass is 10.00. The molecule has 1 aromatic rings. The Morgan fingerprint density at radius 3 is 3.00 bits per heavy atom. The average molecular weight is 194 g/mol. The fourth-order valence-corrected chi connectivity index (χ4v) is 1.95. The summed E-state index contributed by atoms with van der Waals surface area (Å²) in [6, 6.07) is 5.06. The number of halogens is 1. The van der Waals surface area contributed by atoms with Crippen LogP contribution in [0, 0.1) is 5.82 Å². The highest BCUT2D eigenvalue weighted by Crippen LogP contribution is 2.19. The van der Waals surface area contributed by atoms with Gasteiger partial charge in [0.1, 0.15) is 5.82 Å². The third kappa shape index (κ3) is 1.94. The lowest BCUT2D eigenvalue weighted by Crippen LogP contribution is -2.34. The summed E-state index contributed by atoms with van der Waals surface area (Å²) in [4.78, 5) is 2.31. The molecule has 0 unspecified atom stereocenters. The van der Waals surface area contributed by atoms with Crippen LogP contribution in [-0.4, -0.2) is 24.5 Å². The van der Waals surface area contributed by atoms with E-state index in [9.17, 15) is 4.39 Å². The normalized spacial score (nSPS) is 16.7. The Morgan fingerprint density at radius 2 is 2.21 bits per heavy atom. The lowest BCUT2D eigenvalue weighted by molar-refractivity contribution is 0.261. The van der Waals surface area contributed by atoms with Gasteiger partial charge in [0, 0.05) is 26.2 Å². The van der Waals surface area contributed by atoms with Crippen molar-refractivity contribution < 1.29 is 4.39 Å². The van der Waals surface area contributed by atoms with Crippen molar-refractivity contribution in [2.45, 2.75) is 13.0 Å². The first-order valence-corrected chi connectivity index (χ1v) is 4.99. The van der Waals surface area contributed by atoms with Gasteiger partial charge in [0.25, 0.3) is 0 Å². The van der Waals surface area contributed by atoms with E-state index in [-0.39, 0.29) is 5.82 Å². The number of nitrogens with two attached hydrogens (primary N) is 1. The zero-order valence-corrected chi connectivity index (χ0v) is 8.17. The molecule has 0 saturated carbocycles. The molecule has 0 amide bonds. The van der Waals surface area contributed by atoms with Crippen molar-refractivity contribution in [1.29, 1.82) is 0 Å². The maximum Gasteiger partial charge on any atom is 0.123 e. The lowest BCUT2D eigenvalue weighted by Gasteiger charge is -2.28. The quantitative estimate of drug-likeness (QED) is 0.765. The number of benzene rings is 1. The maximum absolute atomic E-state index is 12.9. The van der Waals surface area contributed by atoms with Crippen molar-refractivity contribution in [3.8, 4) is 0 Å². The smallest absolute Gasteiger partial charge is 0.123 e. The minimum Gasteiger partial charge on any atom is -0.329 e. The molecule has 0 aliphatic carbocycles. The Hall–Kier alpha value is -0.930. The van der Waals surface area contributed by atoms with E-state index < -0.39 is 0 Å². The molecular weight excluding hydrogens is 179 g/mol. The van der Waals surface area contributed by atoms with Gasteiger partial charge in [-0.25, -0.2) is 4.39 Å². The first-order chi connectivity index (χ1) is 6.79. The van der Waals surface area contributed by atoms with Crippen LogP contribution in [0.4, 0.5) is 4.39 Å². The molecule has 0 saturated heterocycles. The highest BCUT2D eigenvalue weighted by atomic mass is 19.1. The predicted octanol–water partition coefficient (Wildman–Crippen LogP) is 1.14. The van der Waals surface area contributed by atoms with Gasteiger partial charge >= 0.3 is 0 Å². The molecular formula is C11H15FN2. The molecule has 1 aliphatic rings. The molecule has 1 aliphatic heterocycles. The molecule has 76 valence electrons. The van der Waals surface area contributed by atoms with Crippen molar-refractivity contribution >= 4 is 0 Å². The standard InChI is InChI=1S/C11H15FN2/c12-11-2-1-10-8-14(6-4-13)5-3-9(10)7-11/h1-2,7H,3-6,8,13H2. The Labute approximate surface area is 83.5 Å². The summed E-state index contributed by atoms with van der Waals surface area (Å²) in [6.07, 6.45) is 0.938. The third-order valence-electron chi connectivity index (χ3n) is 2.70. The highest BCUT2D eigenvalue weighted by molar-refractivity contribution is 5.29. The molecule has 1 aromatic carbocycles. The minimum atomic E-state index is -0.129. The second-order valence-corrected chi connectivity index (χ2v) is 3.73. The van der Waals surface area contributed by atoms with Gasteiger partial charge in [-0.3, -0.25) is 4.90 Å². The van der Waals surface area contributed by atoms with E-state index in [2.05, 4.69) is 4.90 Å². The molecule has 14 heavy (non-hydrogen) atoms. The van der Waals surface area contributed by atoms with E-state index in [1.807, 2.05) is 6.07 Å². The van der Waals surface area contributed by atoms with E-state index in [1.54, 1.807) is 6.07 Å². The molecule has 1 heterocycles. The third-order valence-corrected chi connectivity index (χ3v) is 2.70. The van der Waals surface area contributed by atoms with Gasteiger partial charge in [-0.1, -0.05) is 6.07 Å². The number of fused-ring (bicyclic) bond motifs is 1. The summed E-state index contributed by atoms with van der Waals surface area (Å²) in [5.74, 6) is -0.129. The van der Waals surface area contributed by atoms with Crippen LogP contribution in [0.5, 0.6) is 0 Å². The van der Waals surface area contributed by atoms with Crippen LogP contribution < -0.4 is 5.73 Å². The molecule has 0 radical (unpaired) electrons. The molecule has 0 bridgehead atoms. The molecule has 0 atom stereocenters. The fourth-order valence-electron chi connectivity index (χ4n) is 1.95. The predicted molar refractivity (Wildman–Crippen MR) is 54.4 cm³/mol. The summed E-state index contributed by atoms with van der Waals surface area (Å²) in [5.41, 5.74) is 7.89. The first-order valence-electron chi connectivity index (χ1n) is 4.99. The van der Waals surface area contributed by atoms with Crippen LogP contribution >= 0.6 is 0 Å². The SMILES string of the molecule is NCCN1CCc2cc(F)ccc2C1. The van der Waals surface area contributed by atoms with Crippen LogP contribution in [0.15, 0.2) is 18.2 Å². The number of hydrogen-bond acceptors (Lipinski definition) is 2. The zero-order chi connectivity index (χ0) is 9.97. The van der Waals surface area contributed by atoms with Crippen LogP contribution in [0.1, 0.15) is 11.1 Å². The van der Waals surface area contributed by atoms with Crippen LogP contribution in [-0.2, 0) is 13.0 Å². The molecule has 0 spiro atoms. The van der Waals surface area contributed by atoms with E-state index in [0.29, 0.717) is 6.54 Å². The van der Waals surface area contributed by atoms with Crippen molar-refractivity contribution in [2.75, 3.05) is 19.6 Å². The highest BCUT2D eigenvalue weighted by Gasteiger charge is 2.15. The summed E-state index contributed by atoms with van der Waals surface area (Å²) in [5, 5.41) is 0. The Bertz CT molecular complexity index is 325. The van der Waals surface area contributed by atoms with Crippen molar-refractivity contribution in [3.05, 3.63) is 35.1 Å². The van der Waals surface area contributed by atoms with Crippen molar-refractivity contribution in [1.82, 2.24) is 4.90 Å². The second kappa shape index (κ2) is 4.07. The van der Waals surface area contributed by atoms with Gasteiger partial charge < -0.3 is 5.73 Å². The Balaban J connectivity index is 2.15. The monoisotopic (exact) mass is 194 g/mol.